The number of carboxylic acids is 1. The first-order chi connectivity index (χ1) is 13.0. The van der Waals surface area contributed by atoms with E-state index in [-0.39, 0.29) is 24.5 Å². The molecule has 1 aromatic carbocycles. The number of likely N-dealkylation sites (tertiary alicyclic amines) is 1. The lowest BCUT2D eigenvalue weighted by molar-refractivity contribution is -0.139. The van der Waals surface area contributed by atoms with Crippen LogP contribution in [0.15, 0.2) is 30.3 Å². The van der Waals surface area contributed by atoms with Gasteiger partial charge in [-0.05, 0) is 45.0 Å². The third kappa shape index (κ3) is 5.78. The van der Waals surface area contributed by atoms with Crippen LogP contribution < -0.4 is 0 Å². The molecule has 1 aliphatic heterocycles. The summed E-state index contributed by atoms with van der Waals surface area (Å²) >= 11 is 0. The summed E-state index contributed by atoms with van der Waals surface area (Å²) in [6.07, 6.45) is 2.64. The highest BCUT2D eigenvalue weighted by atomic mass is 16.4. The number of amides is 1. The van der Waals surface area contributed by atoms with Gasteiger partial charge < -0.3 is 10.0 Å². The number of nitrogens with zero attached hydrogens (tertiary/aromatic N) is 3. The first-order valence-corrected chi connectivity index (χ1v) is 9.97. The molecule has 2 rings (SSSR count). The fraction of sp³-hybridized carbons (Fsp3) is 0.619. The van der Waals surface area contributed by atoms with Gasteiger partial charge in [0, 0.05) is 19.1 Å². The Hall–Kier alpha value is -1.92. The number of benzene rings is 1. The Morgan fingerprint density at radius 3 is 2.41 bits per heavy atom. The van der Waals surface area contributed by atoms with E-state index in [1.165, 1.54) is 0 Å². The number of hydrogen-bond donors (Lipinski definition) is 1. The van der Waals surface area contributed by atoms with E-state index in [1.807, 2.05) is 47.2 Å². The van der Waals surface area contributed by atoms with E-state index in [4.69, 9.17) is 5.11 Å². The summed E-state index contributed by atoms with van der Waals surface area (Å²) in [5.74, 6) is -0.646. The minimum Gasteiger partial charge on any atom is -0.480 e. The van der Waals surface area contributed by atoms with Crippen LogP contribution in [-0.2, 0) is 9.59 Å². The molecule has 1 amide bonds. The van der Waals surface area contributed by atoms with E-state index >= 15 is 0 Å². The van der Waals surface area contributed by atoms with Gasteiger partial charge >= 0.3 is 5.97 Å². The van der Waals surface area contributed by atoms with Gasteiger partial charge in [0.15, 0.2) is 0 Å². The number of hydrogen-bond acceptors (Lipinski definition) is 4. The molecule has 0 radical (unpaired) electrons. The van der Waals surface area contributed by atoms with Crippen molar-refractivity contribution in [3.63, 3.8) is 0 Å². The monoisotopic (exact) mass is 375 g/mol. The molecule has 1 heterocycles. The quantitative estimate of drug-likeness (QED) is 0.756. The van der Waals surface area contributed by atoms with Crippen LogP contribution in [0, 0.1) is 0 Å². The average Bonchev–Trinajstić information content (AvgIpc) is 2.92. The van der Waals surface area contributed by atoms with Crippen LogP contribution in [0.3, 0.4) is 0 Å². The third-order valence-electron chi connectivity index (χ3n) is 5.54. The first-order valence-electron chi connectivity index (χ1n) is 9.97. The largest absolute Gasteiger partial charge is 0.480 e. The van der Waals surface area contributed by atoms with Crippen molar-refractivity contribution in [3.8, 4) is 0 Å². The molecule has 0 aliphatic carbocycles. The lowest BCUT2D eigenvalue weighted by Crippen LogP contribution is -2.44. The molecule has 150 valence electrons. The Balaban J connectivity index is 2.12. The smallest absolute Gasteiger partial charge is 0.317 e. The molecule has 0 spiro atoms. The predicted molar refractivity (Wildman–Crippen MR) is 107 cm³/mol. The Labute approximate surface area is 162 Å². The fourth-order valence-electron chi connectivity index (χ4n) is 3.99. The van der Waals surface area contributed by atoms with Crippen molar-refractivity contribution in [2.45, 2.75) is 45.2 Å². The molecule has 1 aromatic rings. The van der Waals surface area contributed by atoms with Crippen LogP contribution in [0.4, 0.5) is 0 Å². The average molecular weight is 376 g/mol. The Morgan fingerprint density at radius 2 is 1.81 bits per heavy atom. The summed E-state index contributed by atoms with van der Waals surface area (Å²) < 4.78 is 0. The summed E-state index contributed by atoms with van der Waals surface area (Å²) in [5.41, 5.74) is 1.04. The second-order valence-corrected chi connectivity index (χ2v) is 7.25. The summed E-state index contributed by atoms with van der Waals surface area (Å²) in [7, 11) is 1.86. The number of aliphatic carboxylic acids is 1. The molecule has 2 atom stereocenters. The second-order valence-electron chi connectivity index (χ2n) is 7.25. The highest BCUT2D eigenvalue weighted by molar-refractivity contribution is 5.83. The minimum atomic E-state index is -0.805. The van der Waals surface area contributed by atoms with Crippen LogP contribution in [0.2, 0.25) is 0 Å². The molecule has 2 unspecified atom stereocenters. The van der Waals surface area contributed by atoms with Crippen molar-refractivity contribution in [3.05, 3.63) is 35.9 Å². The molecule has 1 N–H and O–H groups in total. The van der Waals surface area contributed by atoms with Crippen LogP contribution in [0.25, 0.3) is 0 Å². The highest BCUT2D eigenvalue weighted by Gasteiger charge is 2.31. The predicted octanol–water partition coefficient (Wildman–Crippen LogP) is 2.47. The number of rotatable bonds is 8. The first kappa shape index (κ1) is 21.4. The number of likely N-dealkylation sites (N-methyl/N-ethyl adjacent to an activating group) is 2. The van der Waals surface area contributed by atoms with Crippen molar-refractivity contribution in [1.82, 2.24) is 14.7 Å². The van der Waals surface area contributed by atoms with Crippen molar-refractivity contribution in [2.24, 2.45) is 0 Å². The van der Waals surface area contributed by atoms with E-state index < -0.39 is 5.97 Å². The summed E-state index contributed by atoms with van der Waals surface area (Å²) in [4.78, 5) is 30.5. The Morgan fingerprint density at radius 1 is 1.15 bits per heavy atom. The van der Waals surface area contributed by atoms with Crippen LogP contribution in [-0.4, -0.2) is 77.5 Å². The maximum atomic E-state index is 13.4. The highest BCUT2D eigenvalue weighted by Crippen LogP contribution is 2.25. The number of carbonyl (C=O) groups is 2. The van der Waals surface area contributed by atoms with Gasteiger partial charge in [0.2, 0.25) is 5.91 Å². The van der Waals surface area contributed by atoms with Crippen LogP contribution >= 0.6 is 0 Å². The van der Waals surface area contributed by atoms with Gasteiger partial charge in [-0.25, -0.2) is 0 Å². The van der Waals surface area contributed by atoms with Crippen LogP contribution in [0.5, 0.6) is 0 Å². The van der Waals surface area contributed by atoms with Gasteiger partial charge in [0.05, 0.1) is 6.54 Å². The van der Waals surface area contributed by atoms with Gasteiger partial charge in [0.25, 0.3) is 0 Å². The molecule has 6 nitrogen and oxygen atoms in total. The molecule has 1 fully saturated rings. The van der Waals surface area contributed by atoms with Crippen molar-refractivity contribution in [1.29, 1.82) is 0 Å². The molecule has 1 saturated heterocycles. The molecule has 27 heavy (non-hydrogen) atoms. The van der Waals surface area contributed by atoms with E-state index in [1.54, 1.807) is 0 Å². The molecular formula is C21H33N3O3. The Bertz CT molecular complexity index is 604. The Kier molecular flexibility index (Phi) is 8.25. The SMILES string of the molecule is CCN(CC)C(C(=O)N1CCCC(N(C)CC(=O)O)CC1)c1ccccc1. The van der Waals surface area contributed by atoms with Crippen molar-refractivity contribution < 1.29 is 14.7 Å². The lowest BCUT2D eigenvalue weighted by Gasteiger charge is -2.33. The van der Waals surface area contributed by atoms with Gasteiger partial charge in [-0.1, -0.05) is 44.2 Å². The molecule has 6 heteroatoms. The molecular weight excluding hydrogens is 342 g/mol. The molecule has 0 aromatic heterocycles. The maximum Gasteiger partial charge on any atom is 0.317 e. The number of carbonyl (C=O) groups excluding carboxylic acids is 1. The lowest BCUT2D eigenvalue weighted by atomic mass is 10.0. The van der Waals surface area contributed by atoms with Crippen LogP contribution in [0.1, 0.15) is 44.7 Å². The van der Waals surface area contributed by atoms with E-state index in [2.05, 4.69) is 18.7 Å². The van der Waals surface area contributed by atoms with E-state index in [0.717, 1.165) is 44.5 Å². The molecule has 0 bridgehead atoms. The van der Waals surface area contributed by atoms with Crippen molar-refractivity contribution >= 4 is 11.9 Å². The topological polar surface area (TPSA) is 64.1 Å². The summed E-state index contributed by atoms with van der Waals surface area (Å²) in [5, 5.41) is 9.03. The van der Waals surface area contributed by atoms with Gasteiger partial charge in [-0.3, -0.25) is 19.4 Å². The molecule has 0 saturated carbocycles. The maximum absolute atomic E-state index is 13.4. The van der Waals surface area contributed by atoms with E-state index in [9.17, 15) is 9.59 Å². The number of carboxylic acid groups (broad SMARTS) is 1. The summed E-state index contributed by atoms with van der Waals surface area (Å²) in [6, 6.07) is 9.96. The summed E-state index contributed by atoms with van der Waals surface area (Å²) in [6.45, 7) is 7.28. The zero-order valence-electron chi connectivity index (χ0n) is 16.8. The molecule has 1 aliphatic rings. The van der Waals surface area contributed by atoms with Gasteiger partial charge in [-0.2, -0.15) is 0 Å². The third-order valence-corrected chi connectivity index (χ3v) is 5.54. The van der Waals surface area contributed by atoms with Gasteiger partial charge in [-0.15, -0.1) is 0 Å². The normalized spacial score (nSPS) is 19.1. The zero-order valence-corrected chi connectivity index (χ0v) is 16.8. The zero-order chi connectivity index (χ0) is 19.8. The standard InChI is InChI=1S/C21H33N3O3/c1-4-23(5-2)20(17-10-7-6-8-11-17)21(27)24-14-9-12-18(13-15-24)22(3)16-19(25)26/h6-8,10-11,18,20H,4-5,9,12-16H2,1-3H3,(H,25,26). The van der Waals surface area contributed by atoms with Gasteiger partial charge in [0.1, 0.15) is 6.04 Å². The van der Waals surface area contributed by atoms with Crippen molar-refractivity contribution in [2.75, 3.05) is 39.8 Å². The minimum absolute atomic E-state index is 0.0463. The second kappa shape index (κ2) is 10.4. The fourth-order valence-corrected chi connectivity index (χ4v) is 3.99. The van der Waals surface area contributed by atoms with E-state index in [0.29, 0.717) is 6.54 Å².